The Hall–Kier alpha value is -1.90. The Kier molecular flexibility index (Phi) is 5.72. The van der Waals surface area contributed by atoms with Crippen molar-refractivity contribution in [2.75, 3.05) is 5.32 Å². The molecular weight excluding hydrogens is 472 g/mol. The molecule has 0 spiro atoms. The van der Waals surface area contributed by atoms with Crippen molar-refractivity contribution in [1.82, 2.24) is 5.32 Å². The maximum Gasteiger partial charge on any atom is 0.265 e. The van der Waals surface area contributed by atoms with E-state index in [1.165, 1.54) is 11.3 Å². The fourth-order valence-electron chi connectivity index (χ4n) is 2.11. The number of thiophene rings is 1. The number of carbonyl (C=O) groups is 2. The second-order valence-corrected chi connectivity index (χ2v) is 8.22. The molecular formula is C17H12Br2N2O3S. The molecule has 0 saturated carbocycles. The van der Waals surface area contributed by atoms with E-state index in [1.807, 2.05) is 0 Å². The van der Waals surface area contributed by atoms with Crippen molar-refractivity contribution in [3.63, 3.8) is 0 Å². The highest BCUT2D eigenvalue weighted by atomic mass is 79.9. The molecule has 0 aliphatic carbocycles. The molecule has 2 N–H and O–H groups in total. The van der Waals surface area contributed by atoms with E-state index >= 15 is 0 Å². The van der Waals surface area contributed by atoms with Gasteiger partial charge in [0.1, 0.15) is 5.76 Å². The number of nitrogens with one attached hydrogen (secondary N) is 2. The quantitative estimate of drug-likeness (QED) is 0.533. The molecule has 0 saturated heterocycles. The molecule has 0 radical (unpaired) electrons. The lowest BCUT2D eigenvalue weighted by atomic mass is 10.1. The number of hydrogen-bond acceptors (Lipinski definition) is 4. The van der Waals surface area contributed by atoms with Gasteiger partial charge in [0.25, 0.3) is 11.8 Å². The zero-order chi connectivity index (χ0) is 17.8. The number of anilines is 1. The maximum atomic E-state index is 12.4. The minimum atomic E-state index is -0.291. The van der Waals surface area contributed by atoms with Crippen LogP contribution in [0.4, 0.5) is 5.69 Å². The Morgan fingerprint density at radius 2 is 1.88 bits per heavy atom. The van der Waals surface area contributed by atoms with Crippen LogP contribution in [0.3, 0.4) is 0 Å². The van der Waals surface area contributed by atoms with Crippen LogP contribution in [0, 0.1) is 0 Å². The van der Waals surface area contributed by atoms with Gasteiger partial charge in [-0.25, -0.2) is 0 Å². The molecule has 0 unspecified atom stereocenters. The van der Waals surface area contributed by atoms with E-state index in [0.717, 1.165) is 8.26 Å². The average molecular weight is 484 g/mol. The van der Waals surface area contributed by atoms with Crippen LogP contribution in [0.15, 0.2) is 61.4 Å². The minimum absolute atomic E-state index is 0.275. The largest absolute Gasteiger partial charge is 0.467 e. The van der Waals surface area contributed by atoms with Gasteiger partial charge in [-0.3, -0.25) is 9.59 Å². The first kappa shape index (κ1) is 17.9. The molecule has 0 bridgehead atoms. The van der Waals surface area contributed by atoms with E-state index in [9.17, 15) is 9.59 Å². The Morgan fingerprint density at radius 1 is 1.08 bits per heavy atom. The number of rotatable bonds is 5. The molecule has 0 fully saturated rings. The van der Waals surface area contributed by atoms with Gasteiger partial charge in [-0.1, -0.05) is 12.1 Å². The lowest BCUT2D eigenvalue weighted by Gasteiger charge is -2.10. The van der Waals surface area contributed by atoms with Crippen molar-refractivity contribution < 1.29 is 14.0 Å². The highest BCUT2D eigenvalue weighted by Gasteiger charge is 2.16. The third kappa shape index (κ3) is 4.39. The van der Waals surface area contributed by atoms with Gasteiger partial charge in [-0.15, -0.1) is 11.3 Å². The van der Waals surface area contributed by atoms with Gasteiger partial charge in [0.15, 0.2) is 0 Å². The lowest BCUT2D eigenvalue weighted by molar-refractivity contribution is 0.0949. The number of halogens is 2. The number of hydrogen-bond donors (Lipinski definition) is 2. The summed E-state index contributed by atoms with van der Waals surface area (Å²) in [6, 6.07) is 12.1. The molecule has 25 heavy (non-hydrogen) atoms. The van der Waals surface area contributed by atoms with Crippen LogP contribution in [-0.2, 0) is 6.54 Å². The molecule has 2 amide bonds. The first-order valence-corrected chi connectivity index (χ1v) is 9.60. The monoisotopic (exact) mass is 482 g/mol. The Morgan fingerprint density at radius 3 is 2.56 bits per heavy atom. The molecule has 8 heteroatoms. The zero-order valence-electron chi connectivity index (χ0n) is 12.7. The summed E-state index contributed by atoms with van der Waals surface area (Å²) >= 11 is 8.03. The third-order valence-corrected chi connectivity index (χ3v) is 6.55. The molecule has 1 aromatic carbocycles. The first-order valence-electron chi connectivity index (χ1n) is 7.20. The van der Waals surface area contributed by atoms with Crippen molar-refractivity contribution in [3.8, 4) is 0 Å². The molecule has 2 heterocycles. The fraction of sp³-hybridized carbons (Fsp3) is 0.0588. The number of carbonyl (C=O) groups excluding carboxylic acids is 2. The van der Waals surface area contributed by atoms with E-state index in [-0.39, 0.29) is 18.4 Å². The van der Waals surface area contributed by atoms with Gasteiger partial charge in [0.05, 0.1) is 32.7 Å². The van der Waals surface area contributed by atoms with Crippen molar-refractivity contribution >= 4 is 60.7 Å². The van der Waals surface area contributed by atoms with Gasteiger partial charge in [-0.2, -0.15) is 0 Å². The Labute approximate surface area is 164 Å². The molecule has 3 rings (SSSR count). The van der Waals surface area contributed by atoms with Crippen LogP contribution < -0.4 is 10.6 Å². The molecule has 128 valence electrons. The molecule has 0 aliphatic rings. The van der Waals surface area contributed by atoms with Gasteiger partial charge < -0.3 is 15.1 Å². The van der Waals surface area contributed by atoms with Crippen LogP contribution in [0.5, 0.6) is 0 Å². The van der Waals surface area contributed by atoms with Crippen LogP contribution in [-0.4, -0.2) is 11.8 Å². The summed E-state index contributed by atoms with van der Waals surface area (Å²) in [5.41, 5.74) is 0.835. The first-order chi connectivity index (χ1) is 12.0. The molecule has 0 aliphatic heterocycles. The van der Waals surface area contributed by atoms with Crippen molar-refractivity contribution in [1.29, 1.82) is 0 Å². The molecule has 5 nitrogen and oxygen atoms in total. The molecule has 0 atom stereocenters. The number of furan rings is 1. The summed E-state index contributed by atoms with van der Waals surface area (Å²) in [6.07, 6.45) is 1.55. The highest BCUT2D eigenvalue weighted by Crippen LogP contribution is 2.32. The Bertz CT molecular complexity index is 887. The second kappa shape index (κ2) is 7.99. The summed E-state index contributed by atoms with van der Waals surface area (Å²) in [5, 5.41) is 5.56. The topological polar surface area (TPSA) is 71.3 Å². The number of benzene rings is 1. The third-order valence-electron chi connectivity index (χ3n) is 3.29. The lowest BCUT2D eigenvalue weighted by Crippen LogP contribution is -2.24. The predicted octanol–water partition coefficient (Wildman–Crippen LogP) is 5.05. The normalized spacial score (nSPS) is 10.5. The van der Waals surface area contributed by atoms with Gasteiger partial charge >= 0.3 is 0 Å². The number of amides is 2. The average Bonchev–Trinajstić information content (AvgIpc) is 3.23. The van der Waals surface area contributed by atoms with Crippen molar-refractivity contribution in [2.24, 2.45) is 0 Å². The van der Waals surface area contributed by atoms with Crippen LogP contribution in [0.25, 0.3) is 0 Å². The molecule has 2 aromatic heterocycles. The van der Waals surface area contributed by atoms with E-state index < -0.39 is 0 Å². The van der Waals surface area contributed by atoms with Crippen LogP contribution in [0.1, 0.15) is 25.8 Å². The highest BCUT2D eigenvalue weighted by molar-refractivity contribution is 9.13. The smallest absolute Gasteiger partial charge is 0.265 e. The van der Waals surface area contributed by atoms with Gasteiger partial charge in [0, 0.05) is 4.47 Å². The van der Waals surface area contributed by atoms with E-state index in [1.54, 1.807) is 48.7 Å². The second-order valence-electron chi connectivity index (χ2n) is 4.99. The van der Waals surface area contributed by atoms with Crippen molar-refractivity contribution in [3.05, 3.63) is 73.2 Å². The SMILES string of the molecule is O=C(Nc1ccccc1C(=O)NCc1ccco1)c1cc(Br)c(Br)s1. The molecule has 3 aromatic rings. The summed E-state index contributed by atoms with van der Waals surface area (Å²) in [5.74, 6) is 0.0895. The van der Waals surface area contributed by atoms with E-state index in [2.05, 4.69) is 42.5 Å². The summed E-state index contributed by atoms with van der Waals surface area (Å²) in [7, 11) is 0. The van der Waals surface area contributed by atoms with Crippen molar-refractivity contribution in [2.45, 2.75) is 6.54 Å². The standard InChI is InChI=1S/C17H12Br2N2O3S/c18-12-8-14(25-15(12)19)17(23)21-13-6-2-1-5-11(13)16(22)20-9-10-4-3-7-24-10/h1-8H,9H2,(H,20,22)(H,21,23). The van der Waals surface area contributed by atoms with E-state index in [0.29, 0.717) is 21.9 Å². The Balaban J connectivity index is 1.73. The maximum absolute atomic E-state index is 12.4. The summed E-state index contributed by atoms with van der Waals surface area (Å²) in [4.78, 5) is 25.4. The van der Waals surface area contributed by atoms with Gasteiger partial charge in [-0.05, 0) is 62.2 Å². The fourth-order valence-corrected chi connectivity index (χ4v) is 4.04. The van der Waals surface area contributed by atoms with Crippen LogP contribution >= 0.6 is 43.2 Å². The minimum Gasteiger partial charge on any atom is -0.467 e. The zero-order valence-corrected chi connectivity index (χ0v) is 16.7. The predicted molar refractivity (Wildman–Crippen MR) is 104 cm³/mol. The number of para-hydroxylation sites is 1. The van der Waals surface area contributed by atoms with Crippen LogP contribution in [0.2, 0.25) is 0 Å². The summed E-state index contributed by atoms with van der Waals surface area (Å²) in [6.45, 7) is 0.277. The van der Waals surface area contributed by atoms with E-state index in [4.69, 9.17) is 4.42 Å². The summed E-state index contributed by atoms with van der Waals surface area (Å²) < 4.78 is 6.84. The van der Waals surface area contributed by atoms with Gasteiger partial charge in [0.2, 0.25) is 0 Å².